The van der Waals surface area contributed by atoms with Crippen molar-refractivity contribution in [2.24, 2.45) is 23.5 Å². The third kappa shape index (κ3) is 25.7. The van der Waals surface area contributed by atoms with Crippen LogP contribution in [0, 0.1) is 17.8 Å². The number of carboxylic acids is 1. The van der Waals surface area contributed by atoms with E-state index in [2.05, 4.69) is 89.1 Å². The lowest BCUT2D eigenvalue weighted by atomic mass is 9.96. The van der Waals surface area contributed by atoms with Gasteiger partial charge in [-0.05, 0) is 84.5 Å². The van der Waals surface area contributed by atoms with Gasteiger partial charge in [0.1, 0.15) is 84.6 Å². The van der Waals surface area contributed by atoms with Crippen molar-refractivity contribution in [2.45, 2.75) is 218 Å². The average molecular weight is 1420 g/mol. The Bertz CT molecular complexity index is 2790. The fraction of sp³-hybridized carbons (Fsp3) is 0.746. The monoisotopic (exact) mass is 1420 g/mol. The van der Waals surface area contributed by atoms with Crippen LogP contribution >= 0.6 is 25.3 Å². The molecule has 0 aromatic heterocycles. The number of nitrogens with one attached hydrogen (secondary N) is 12. The van der Waals surface area contributed by atoms with E-state index >= 15 is 0 Å². The molecule has 20 N–H and O–H groups in total. The first kappa shape index (κ1) is 85.6. The van der Waals surface area contributed by atoms with Gasteiger partial charge >= 0.3 is 5.97 Å². The fourth-order valence-electron chi connectivity index (χ4n) is 10.1. The number of carboxylic acid groups (broad SMARTS) is 1. The van der Waals surface area contributed by atoms with E-state index in [9.17, 15) is 103 Å². The molecule has 14 amide bonds. The van der Waals surface area contributed by atoms with E-state index in [1.807, 2.05) is 0 Å². The second-order valence-corrected chi connectivity index (χ2v) is 25.7. The van der Waals surface area contributed by atoms with E-state index in [-0.39, 0.29) is 56.9 Å². The van der Waals surface area contributed by atoms with Gasteiger partial charge in [0, 0.05) is 24.6 Å². The molecule has 2 heterocycles. The Hall–Kier alpha value is -7.49. The van der Waals surface area contributed by atoms with Crippen molar-refractivity contribution in [3.05, 3.63) is 0 Å². The van der Waals surface area contributed by atoms with Crippen LogP contribution in [0.15, 0.2) is 0 Å². The van der Waals surface area contributed by atoms with Crippen LogP contribution in [-0.2, 0) is 71.9 Å². The molecule has 2 fully saturated rings. The maximum Gasteiger partial charge on any atom is 0.326 e. The van der Waals surface area contributed by atoms with Crippen LogP contribution in [0.4, 0.5) is 0 Å². The summed E-state index contributed by atoms with van der Waals surface area (Å²) < 4.78 is 0. The van der Waals surface area contributed by atoms with Gasteiger partial charge in [0.2, 0.25) is 82.7 Å². The predicted molar refractivity (Wildman–Crippen MR) is 351 cm³/mol. The van der Waals surface area contributed by atoms with Crippen molar-refractivity contribution in [3.63, 3.8) is 0 Å². The quantitative estimate of drug-likeness (QED) is 0.0254. The van der Waals surface area contributed by atoms with Gasteiger partial charge in [-0.1, -0.05) is 48.0 Å². The Morgan fingerprint density at radius 2 is 0.784 bits per heavy atom. The normalized spacial score (nSPS) is 19.5. The topological polar surface area (TPSA) is 554 Å². The molecule has 0 aromatic carbocycles. The molecular formula is C59H101N15O21S2. The lowest BCUT2D eigenvalue weighted by Crippen LogP contribution is -2.64. The fourth-order valence-corrected chi connectivity index (χ4v) is 10.6. The molecule has 0 aliphatic carbocycles. The predicted octanol–water partition coefficient (Wildman–Crippen LogP) is -8.40. The van der Waals surface area contributed by atoms with E-state index in [0.29, 0.717) is 6.42 Å². The van der Waals surface area contributed by atoms with Crippen LogP contribution in [0.2, 0.25) is 0 Å². The number of hydrogen-bond acceptors (Lipinski definition) is 23. The molecule has 0 unspecified atom stereocenters. The number of aliphatic carboxylic acids is 1. The molecule has 0 aromatic rings. The van der Waals surface area contributed by atoms with Crippen LogP contribution in [0.3, 0.4) is 0 Å². The lowest BCUT2D eigenvalue weighted by molar-refractivity contribution is -0.145. The molecule has 0 bridgehead atoms. The van der Waals surface area contributed by atoms with Gasteiger partial charge in [-0.3, -0.25) is 67.1 Å². The first-order valence-corrected chi connectivity index (χ1v) is 33.3. The van der Waals surface area contributed by atoms with E-state index in [1.54, 1.807) is 34.6 Å². The zero-order valence-electron chi connectivity index (χ0n) is 56.4. The number of rotatable bonds is 39. The Kier molecular flexibility index (Phi) is 36.2. The Morgan fingerprint density at radius 1 is 0.433 bits per heavy atom. The summed E-state index contributed by atoms with van der Waals surface area (Å²) in [6.07, 6.45) is -2.14. The van der Waals surface area contributed by atoms with Gasteiger partial charge in [-0.15, -0.1) is 0 Å². The van der Waals surface area contributed by atoms with E-state index in [0.717, 1.165) is 18.7 Å². The highest BCUT2D eigenvalue weighted by Crippen LogP contribution is 2.23. The Morgan fingerprint density at radius 3 is 1.21 bits per heavy atom. The maximum absolute atomic E-state index is 14.2. The number of aliphatic hydroxyl groups is 5. The third-order valence-electron chi connectivity index (χ3n) is 16.1. The number of nitrogens with two attached hydrogens (primary N) is 1. The number of nitrogens with zero attached hydrogens (tertiary/aromatic N) is 2. The van der Waals surface area contributed by atoms with Crippen molar-refractivity contribution >= 4 is 114 Å². The van der Waals surface area contributed by atoms with E-state index in [4.69, 9.17) is 5.73 Å². The van der Waals surface area contributed by atoms with Crippen LogP contribution in [0.5, 0.6) is 0 Å². The summed E-state index contributed by atoms with van der Waals surface area (Å²) in [5.74, 6) is -16.6. The minimum atomic E-state index is -1.90. The first-order chi connectivity index (χ1) is 45.3. The van der Waals surface area contributed by atoms with Gasteiger partial charge < -0.3 is 110 Å². The molecule has 18 atom stereocenters. The summed E-state index contributed by atoms with van der Waals surface area (Å²) in [6.45, 7) is 13.1. The molecule has 0 radical (unpaired) electrons. The van der Waals surface area contributed by atoms with Crippen molar-refractivity contribution in [2.75, 3.05) is 44.4 Å². The van der Waals surface area contributed by atoms with Crippen LogP contribution in [0.25, 0.3) is 0 Å². The molecule has 2 saturated heterocycles. The number of hydrogen-bond donors (Lipinski definition) is 21. The SMILES string of the molecule is CC[C@H](C)[C@H](NC(=O)[C@@H](NC(=O)[C@H](CO)NC(=O)[C@H](C)NC(=O)[C@H](CS)NC(=O)[C@H](CO)NC(=O)[C@H](CO)NC(=O)[C@@H]1CCCN1C(=O)[C@@H](NC(=O)[C@H](C)N)C(C)C)[C@@H](C)O)C(=O)N[C@H](C(=O)N1CCC[C@H]1C(=O)N[C@@H](C)C(=O)N[C@@H](CS)C(=O)N[C@@H](CC(C)C)C(=O)O)[C@@H](C)O. The average Bonchev–Trinajstić information content (AvgIpc) is 1.81. The smallest absolute Gasteiger partial charge is 0.326 e. The maximum atomic E-state index is 14.2. The highest BCUT2D eigenvalue weighted by Gasteiger charge is 2.44. The number of carbonyl (C=O) groups excluding carboxylic acids is 14. The second-order valence-electron chi connectivity index (χ2n) is 24.9. The lowest BCUT2D eigenvalue weighted by Gasteiger charge is -2.33. The summed E-state index contributed by atoms with van der Waals surface area (Å²) in [6, 6.07) is -21.9. The summed E-state index contributed by atoms with van der Waals surface area (Å²) in [7, 11) is 0. The number of amides is 14. The Balaban J connectivity index is 2.13. The zero-order valence-corrected chi connectivity index (χ0v) is 58.2. The molecule has 36 nitrogen and oxygen atoms in total. The van der Waals surface area contributed by atoms with Crippen molar-refractivity contribution < 1.29 is 103 Å². The minimum absolute atomic E-state index is 0.0343. The van der Waals surface area contributed by atoms with Gasteiger partial charge in [0.25, 0.3) is 0 Å². The zero-order chi connectivity index (χ0) is 74.0. The number of thiol groups is 2. The molecule has 2 rings (SSSR count). The highest BCUT2D eigenvalue weighted by atomic mass is 32.1. The van der Waals surface area contributed by atoms with Crippen molar-refractivity contribution in [3.8, 4) is 0 Å². The number of likely N-dealkylation sites (tertiary alicyclic amines) is 2. The summed E-state index contributed by atoms with van der Waals surface area (Å²) >= 11 is 8.20. The largest absolute Gasteiger partial charge is 0.480 e. The molecule has 0 spiro atoms. The van der Waals surface area contributed by atoms with Crippen molar-refractivity contribution in [1.29, 1.82) is 0 Å². The summed E-state index contributed by atoms with van der Waals surface area (Å²) in [4.78, 5) is 203. The molecule has 550 valence electrons. The number of carbonyl (C=O) groups is 15. The molecule has 97 heavy (non-hydrogen) atoms. The molecule has 38 heteroatoms. The third-order valence-corrected chi connectivity index (χ3v) is 16.9. The highest BCUT2D eigenvalue weighted by molar-refractivity contribution is 7.80. The first-order valence-electron chi connectivity index (χ1n) is 32.0. The molecule has 2 aliphatic heterocycles. The van der Waals surface area contributed by atoms with Crippen molar-refractivity contribution in [1.82, 2.24) is 73.6 Å². The van der Waals surface area contributed by atoms with E-state index in [1.165, 1.54) is 32.6 Å². The van der Waals surface area contributed by atoms with Gasteiger partial charge in [0.15, 0.2) is 0 Å². The molecule has 0 saturated carbocycles. The minimum Gasteiger partial charge on any atom is -0.480 e. The van der Waals surface area contributed by atoms with E-state index < -0.39 is 229 Å². The van der Waals surface area contributed by atoms with Crippen LogP contribution in [0.1, 0.15) is 115 Å². The standard InChI is InChI=1S/C59H101N15O21S2/c1-12-27(6)42(55(90)72-44(32(11)79)58(93)74-18-13-15-39(74)53(88)62-30(9)47(82)67-38(24-97)52(87)63-33(59(94)95)19-25(2)3)70-56(91)43(31(10)78)71-50(85)36(22-77)64-46(81)29(8)61-51(86)37(23-96)68-49(84)34(20-75)65-48(83)35(21-76)66-54(89)40-16-14-17-73(40)57(92)41(26(4)5)69-45(80)28(7)60/h25-44,75-79,96-97H,12-24,60H2,1-11H3,(H,61,86)(H,62,88)(H,63,87)(H,64,81)(H,65,83)(H,66,89)(H,67,82)(H,68,84)(H,69,80)(H,70,91)(H,71,85)(H,72,90)(H,94,95)/t27-,28-,29-,30-,31+,32+,33-,34-,35-,36-,37-,38-,39-,40-,41-,42-,43-,44-/m0/s1. The Labute approximate surface area is 573 Å². The van der Waals surface area contributed by atoms with Crippen LogP contribution < -0.4 is 69.5 Å². The van der Waals surface area contributed by atoms with Gasteiger partial charge in [-0.2, -0.15) is 25.3 Å². The van der Waals surface area contributed by atoms with Crippen LogP contribution in [-0.4, -0.2) is 276 Å². The summed E-state index contributed by atoms with van der Waals surface area (Å²) in [5, 5.41) is 89.8. The molecule has 2 aliphatic rings. The number of aliphatic hydroxyl groups excluding tert-OH is 5. The summed E-state index contributed by atoms with van der Waals surface area (Å²) in [5.41, 5.74) is 5.67. The second kappa shape index (κ2) is 41.0. The van der Waals surface area contributed by atoms with Gasteiger partial charge in [0.05, 0.1) is 38.1 Å². The van der Waals surface area contributed by atoms with Gasteiger partial charge in [-0.25, -0.2) is 4.79 Å². The molecular weight excluding hydrogens is 1320 g/mol.